The molecule has 1 fully saturated rings. The number of carbonyl (C=O) groups is 1. The van der Waals surface area contributed by atoms with Gasteiger partial charge in [0.25, 0.3) is 0 Å². The van der Waals surface area contributed by atoms with Crippen LogP contribution in [0.15, 0.2) is 24.3 Å². The normalized spacial score (nSPS) is 23.3. The van der Waals surface area contributed by atoms with Crippen molar-refractivity contribution in [2.24, 2.45) is 0 Å². The number of nitrogens with zero attached hydrogens (tertiary/aromatic N) is 1. The van der Waals surface area contributed by atoms with Crippen LogP contribution in [0, 0.1) is 10.1 Å². The average Bonchev–Trinajstić information content (AvgIpc) is 2.38. The van der Waals surface area contributed by atoms with Crippen LogP contribution in [0.2, 0.25) is 0 Å². The summed E-state index contributed by atoms with van der Waals surface area (Å²) in [6, 6.07) is 5.62. The lowest BCUT2D eigenvalue weighted by Gasteiger charge is -2.26. The standard InChI is InChI=1S/C12H14N2O4/c1-18-9-4-2-3-8(7-9)12-10(14(16)17)5-6-11(15)13-12/h2-4,7,10,12H,5-6H2,1H3,(H,13,15)/t10-,12+/m0/s1. The highest BCUT2D eigenvalue weighted by atomic mass is 16.6. The highest BCUT2D eigenvalue weighted by Crippen LogP contribution is 2.28. The van der Waals surface area contributed by atoms with Crippen LogP contribution in [-0.4, -0.2) is 24.0 Å². The highest BCUT2D eigenvalue weighted by Gasteiger charge is 2.38. The first-order valence-electron chi connectivity index (χ1n) is 5.68. The zero-order valence-electron chi connectivity index (χ0n) is 9.96. The Kier molecular flexibility index (Phi) is 3.45. The van der Waals surface area contributed by atoms with E-state index in [4.69, 9.17) is 4.74 Å². The van der Waals surface area contributed by atoms with Gasteiger partial charge in [-0.25, -0.2) is 0 Å². The summed E-state index contributed by atoms with van der Waals surface area (Å²) >= 11 is 0. The number of rotatable bonds is 3. The van der Waals surface area contributed by atoms with E-state index in [0.29, 0.717) is 11.3 Å². The second-order valence-electron chi connectivity index (χ2n) is 4.21. The minimum atomic E-state index is -0.783. The van der Waals surface area contributed by atoms with Crippen molar-refractivity contribution >= 4 is 5.91 Å². The quantitative estimate of drug-likeness (QED) is 0.647. The maximum atomic E-state index is 11.4. The van der Waals surface area contributed by atoms with Crippen LogP contribution in [0.1, 0.15) is 24.4 Å². The molecule has 1 saturated heterocycles. The molecule has 0 spiro atoms. The van der Waals surface area contributed by atoms with E-state index in [-0.39, 0.29) is 23.7 Å². The van der Waals surface area contributed by atoms with Crippen molar-refractivity contribution < 1.29 is 14.5 Å². The van der Waals surface area contributed by atoms with E-state index < -0.39 is 12.1 Å². The summed E-state index contributed by atoms with van der Waals surface area (Å²) in [4.78, 5) is 22.1. The van der Waals surface area contributed by atoms with Crippen LogP contribution in [-0.2, 0) is 4.79 Å². The number of benzene rings is 1. The Labute approximate surface area is 104 Å². The van der Waals surface area contributed by atoms with E-state index in [2.05, 4.69) is 5.32 Å². The van der Waals surface area contributed by atoms with Crippen molar-refractivity contribution in [3.8, 4) is 5.75 Å². The first-order chi connectivity index (χ1) is 8.61. The van der Waals surface area contributed by atoms with Gasteiger partial charge in [-0.3, -0.25) is 14.9 Å². The summed E-state index contributed by atoms with van der Waals surface area (Å²) in [7, 11) is 1.53. The Hall–Kier alpha value is -2.11. The summed E-state index contributed by atoms with van der Waals surface area (Å²) in [6.45, 7) is 0. The van der Waals surface area contributed by atoms with Gasteiger partial charge < -0.3 is 10.1 Å². The van der Waals surface area contributed by atoms with Gasteiger partial charge in [-0.2, -0.15) is 0 Å². The third kappa shape index (κ3) is 2.42. The molecule has 18 heavy (non-hydrogen) atoms. The number of carbonyl (C=O) groups excluding carboxylic acids is 1. The molecule has 1 aromatic carbocycles. The SMILES string of the molecule is COc1cccc([C@H]2NC(=O)CC[C@@H]2[N+](=O)[O-])c1. The van der Waals surface area contributed by atoms with E-state index in [1.54, 1.807) is 24.3 Å². The summed E-state index contributed by atoms with van der Waals surface area (Å²) < 4.78 is 5.09. The Morgan fingerprint density at radius 2 is 2.28 bits per heavy atom. The third-order valence-electron chi connectivity index (χ3n) is 3.09. The molecule has 1 aliphatic rings. The fraction of sp³-hybridized carbons (Fsp3) is 0.417. The lowest BCUT2D eigenvalue weighted by Crippen LogP contribution is -2.45. The molecule has 2 rings (SSSR count). The van der Waals surface area contributed by atoms with Gasteiger partial charge in [0.05, 0.1) is 7.11 Å². The van der Waals surface area contributed by atoms with Crippen LogP contribution in [0.25, 0.3) is 0 Å². The fourth-order valence-corrected chi connectivity index (χ4v) is 2.16. The number of piperidine rings is 1. The number of hydrogen-bond acceptors (Lipinski definition) is 4. The average molecular weight is 250 g/mol. The lowest BCUT2D eigenvalue weighted by molar-refractivity contribution is -0.529. The second-order valence-corrected chi connectivity index (χ2v) is 4.21. The van der Waals surface area contributed by atoms with Crippen molar-refractivity contribution in [3.05, 3.63) is 39.9 Å². The summed E-state index contributed by atoms with van der Waals surface area (Å²) in [5.41, 5.74) is 0.698. The minimum absolute atomic E-state index is 0.152. The van der Waals surface area contributed by atoms with E-state index in [0.717, 1.165) is 0 Å². The van der Waals surface area contributed by atoms with Gasteiger partial charge >= 0.3 is 0 Å². The third-order valence-corrected chi connectivity index (χ3v) is 3.09. The summed E-state index contributed by atoms with van der Waals surface area (Å²) in [6.07, 6.45) is 0.465. The van der Waals surface area contributed by atoms with E-state index in [1.807, 2.05) is 0 Å². The number of nitro groups is 1. The van der Waals surface area contributed by atoms with Crippen molar-refractivity contribution in [2.75, 3.05) is 7.11 Å². The van der Waals surface area contributed by atoms with Gasteiger partial charge in [0.15, 0.2) is 0 Å². The number of ether oxygens (including phenoxy) is 1. The molecule has 2 atom stereocenters. The van der Waals surface area contributed by atoms with Gasteiger partial charge in [0.1, 0.15) is 11.8 Å². The second kappa shape index (κ2) is 5.03. The maximum Gasteiger partial charge on any atom is 0.237 e. The predicted octanol–water partition coefficient (Wildman–Crippen LogP) is 1.29. The summed E-state index contributed by atoms with van der Waals surface area (Å²) in [5, 5.41) is 13.7. The summed E-state index contributed by atoms with van der Waals surface area (Å²) in [5.74, 6) is 0.468. The molecule has 0 aromatic heterocycles. The number of hydrogen-bond donors (Lipinski definition) is 1. The minimum Gasteiger partial charge on any atom is -0.497 e. The molecule has 6 nitrogen and oxygen atoms in total. The number of methoxy groups -OCH3 is 1. The Morgan fingerprint density at radius 3 is 2.94 bits per heavy atom. The van der Waals surface area contributed by atoms with Crippen LogP contribution in [0.5, 0.6) is 5.75 Å². The highest BCUT2D eigenvalue weighted by molar-refractivity contribution is 5.77. The van der Waals surface area contributed by atoms with Crippen molar-refractivity contribution in [3.63, 3.8) is 0 Å². The van der Waals surface area contributed by atoms with Crippen LogP contribution in [0.3, 0.4) is 0 Å². The van der Waals surface area contributed by atoms with Crippen LogP contribution < -0.4 is 10.1 Å². The molecule has 0 saturated carbocycles. The van der Waals surface area contributed by atoms with Gasteiger partial charge in [-0.1, -0.05) is 12.1 Å². The Morgan fingerprint density at radius 1 is 1.50 bits per heavy atom. The van der Waals surface area contributed by atoms with Crippen molar-refractivity contribution in [1.29, 1.82) is 0 Å². The van der Waals surface area contributed by atoms with Crippen molar-refractivity contribution in [2.45, 2.75) is 24.9 Å². The maximum absolute atomic E-state index is 11.4. The molecule has 96 valence electrons. The Bertz CT molecular complexity index is 475. The van der Waals surface area contributed by atoms with Crippen LogP contribution in [0.4, 0.5) is 0 Å². The van der Waals surface area contributed by atoms with Gasteiger partial charge in [0, 0.05) is 17.8 Å². The molecule has 6 heteroatoms. The smallest absolute Gasteiger partial charge is 0.237 e. The largest absolute Gasteiger partial charge is 0.497 e. The molecule has 1 heterocycles. The monoisotopic (exact) mass is 250 g/mol. The zero-order chi connectivity index (χ0) is 13.1. The molecule has 0 radical (unpaired) electrons. The van der Waals surface area contributed by atoms with Gasteiger partial charge in [0.2, 0.25) is 11.9 Å². The van der Waals surface area contributed by atoms with Gasteiger partial charge in [-0.15, -0.1) is 0 Å². The van der Waals surface area contributed by atoms with E-state index >= 15 is 0 Å². The van der Waals surface area contributed by atoms with E-state index in [1.165, 1.54) is 7.11 Å². The number of nitrogens with one attached hydrogen (secondary N) is 1. The topological polar surface area (TPSA) is 81.5 Å². The number of amides is 1. The fourth-order valence-electron chi connectivity index (χ4n) is 2.16. The molecular weight excluding hydrogens is 236 g/mol. The zero-order valence-corrected chi connectivity index (χ0v) is 9.96. The predicted molar refractivity (Wildman–Crippen MR) is 63.9 cm³/mol. The van der Waals surface area contributed by atoms with Gasteiger partial charge in [-0.05, 0) is 17.7 Å². The molecule has 1 N–H and O–H groups in total. The van der Waals surface area contributed by atoms with Crippen LogP contribution >= 0.6 is 0 Å². The Balaban J connectivity index is 2.31. The lowest BCUT2D eigenvalue weighted by atomic mass is 9.92. The molecule has 0 bridgehead atoms. The van der Waals surface area contributed by atoms with E-state index in [9.17, 15) is 14.9 Å². The first-order valence-corrected chi connectivity index (χ1v) is 5.68. The molecule has 1 aromatic rings. The molecule has 1 amide bonds. The molecule has 1 aliphatic heterocycles. The van der Waals surface area contributed by atoms with Crippen molar-refractivity contribution in [1.82, 2.24) is 5.32 Å². The molecule has 0 aliphatic carbocycles. The first kappa shape index (κ1) is 12.3. The molecule has 0 unspecified atom stereocenters. The molecular formula is C12H14N2O4.